The van der Waals surface area contributed by atoms with E-state index in [2.05, 4.69) is 10.3 Å². The molecule has 1 N–H and O–H groups in total. The van der Waals surface area contributed by atoms with Gasteiger partial charge in [-0.15, -0.1) is 0 Å². The first-order valence-electron chi connectivity index (χ1n) is 7.74. The van der Waals surface area contributed by atoms with E-state index in [1.54, 1.807) is 19.9 Å². The van der Waals surface area contributed by atoms with Crippen LogP contribution in [0.15, 0.2) is 23.0 Å². The van der Waals surface area contributed by atoms with Gasteiger partial charge in [0, 0.05) is 6.42 Å². The highest BCUT2D eigenvalue weighted by Gasteiger charge is 2.42. The van der Waals surface area contributed by atoms with Gasteiger partial charge in [0.2, 0.25) is 5.91 Å². The van der Waals surface area contributed by atoms with Crippen LogP contribution in [0.25, 0.3) is 10.9 Å². The topological polar surface area (TPSA) is 81.1 Å². The molecule has 2 aromatic rings. The summed E-state index contributed by atoms with van der Waals surface area (Å²) in [6, 6.07) is 5.59. The molecular weight excluding hydrogens is 294 g/mol. The maximum atomic E-state index is 13.1. The predicted octanol–water partition coefficient (Wildman–Crippen LogP) is 1.42. The Hall–Kier alpha value is -2.50. The number of imide groups is 1. The van der Waals surface area contributed by atoms with E-state index in [9.17, 15) is 14.4 Å². The smallest absolute Gasteiger partial charge is 0.262 e. The van der Waals surface area contributed by atoms with Gasteiger partial charge in [0.1, 0.15) is 11.4 Å². The van der Waals surface area contributed by atoms with Crippen LogP contribution in [-0.2, 0) is 21.5 Å². The van der Waals surface area contributed by atoms with Crippen molar-refractivity contribution in [3.63, 3.8) is 0 Å². The first-order chi connectivity index (χ1) is 10.9. The summed E-state index contributed by atoms with van der Waals surface area (Å²) in [6.45, 7) is 5.38. The molecular formula is C17H19N3O3. The van der Waals surface area contributed by atoms with Gasteiger partial charge in [0.25, 0.3) is 11.5 Å². The van der Waals surface area contributed by atoms with Crippen LogP contribution in [0, 0.1) is 6.92 Å². The number of nitrogens with zero attached hydrogens (tertiary/aromatic N) is 2. The van der Waals surface area contributed by atoms with Crippen molar-refractivity contribution in [3.8, 4) is 0 Å². The molecule has 0 aliphatic carbocycles. The average Bonchev–Trinajstić information content (AvgIpc) is 2.50. The number of fused-ring (bicyclic) bond motifs is 1. The number of carbonyl (C=O) groups is 2. The van der Waals surface area contributed by atoms with Crippen LogP contribution < -0.4 is 10.9 Å². The molecule has 1 aliphatic rings. The van der Waals surface area contributed by atoms with Crippen LogP contribution in [-0.4, -0.2) is 21.4 Å². The third-order valence-corrected chi connectivity index (χ3v) is 4.61. The maximum Gasteiger partial charge on any atom is 0.262 e. The summed E-state index contributed by atoms with van der Waals surface area (Å²) < 4.78 is 1.44. The zero-order valence-corrected chi connectivity index (χ0v) is 13.5. The summed E-state index contributed by atoms with van der Waals surface area (Å²) in [5.41, 5.74) is 0.220. The Labute approximate surface area is 133 Å². The summed E-state index contributed by atoms with van der Waals surface area (Å²) in [4.78, 5) is 41.5. The van der Waals surface area contributed by atoms with E-state index in [1.807, 2.05) is 19.1 Å². The molecule has 1 saturated heterocycles. The Kier molecular flexibility index (Phi) is 3.55. The molecule has 6 heteroatoms. The fourth-order valence-corrected chi connectivity index (χ4v) is 3.29. The Balaban J connectivity index is 2.32. The number of carbonyl (C=O) groups excluding carboxylic acids is 2. The molecule has 0 unspecified atom stereocenters. The van der Waals surface area contributed by atoms with Crippen LogP contribution in [0.3, 0.4) is 0 Å². The molecule has 0 radical (unpaired) electrons. The van der Waals surface area contributed by atoms with Gasteiger partial charge >= 0.3 is 0 Å². The predicted molar refractivity (Wildman–Crippen MR) is 86.1 cm³/mol. The maximum absolute atomic E-state index is 13.1. The van der Waals surface area contributed by atoms with Crippen molar-refractivity contribution in [1.29, 1.82) is 0 Å². The van der Waals surface area contributed by atoms with E-state index in [0.29, 0.717) is 29.6 Å². The quantitative estimate of drug-likeness (QED) is 0.850. The SMILES string of the molecule is CCc1cccc2nc(C)n([C@@]3(C)CCC(=O)NC3=O)c(=O)c12. The highest BCUT2D eigenvalue weighted by Crippen LogP contribution is 2.27. The summed E-state index contributed by atoms with van der Waals surface area (Å²) in [5.74, 6) is -0.280. The number of benzene rings is 1. The highest BCUT2D eigenvalue weighted by molar-refractivity contribution is 6.01. The van der Waals surface area contributed by atoms with E-state index in [-0.39, 0.29) is 17.9 Å². The van der Waals surface area contributed by atoms with E-state index < -0.39 is 11.4 Å². The summed E-state index contributed by atoms with van der Waals surface area (Å²) in [5, 5.41) is 2.88. The molecule has 3 rings (SSSR count). The van der Waals surface area contributed by atoms with Crippen molar-refractivity contribution in [2.24, 2.45) is 0 Å². The number of hydrogen-bond donors (Lipinski definition) is 1. The average molecular weight is 313 g/mol. The summed E-state index contributed by atoms with van der Waals surface area (Å²) >= 11 is 0. The Morgan fingerprint density at radius 1 is 1.30 bits per heavy atom. The molecule has 1 aromatic carbocycles. The van der Waals surface area contributed by atoms with E-state index >= 15 is 0 Å². The second-order valence-corrected chi connectivity index (χ2v) is 6.12. The lowest BCUT2D eigenvalue weighted by Gasteiger charge is -2.34. The normalized spacial score (nSPS) is 21.5. The number of amides is 2. The summed E-state index contributed by atoms with van der Waals surface area (Å²) in [6.07, 6.45) is 1.21. The number of rotatable bonds is 2. The van der Waals surface area contributed by atoms with E-state index in [4.69, 9.17) is 0 Å². The second kappa shape index (κ2) is 5.30. The Morgan fingerprint density at radius 2 is 2.04 bits per heavy atom. The minimum atomic E-state index is -1.10. The molecule has 0 saturated carbocycles. The standard InChI is InChI=1S/C17H19N3O3/c1-4-11-6-5-7-12-14(11)15(22)20(10(2)18-12)17(3)9-8-13(21)19-16(17)23/h5-7H,4,8-9H2,1-3H3,(H,19,21,23)/t17-/m0/s1. The number of piperidine rings is 1. The molecule has 23 heavy (non-hydrogen) atoms. The van der Waals surface area contributed by atoms with Gasteiger partial charge in [0.15, 0.2) is 0 Å². The molecule has 0 bridgehead atoms. The van der Waals surface area contributed by atoms with Gasteiger partial charge in [0.05, 0.1) is 10.9 Å². The molecule has 2 amide bonds. The monoisotopic (exact) mass is 313 g/mol. The molecule has 1 fully saturated rings. The van der Waals surface area contributed by atoms with Crippen LogP contribution in [0.1, 0.15) is 38.1 Å². The molecule has 1 atom stereocenters. The largest absolute Gasteiger partial charge is 0.294 e. The molecule has 1 aromatic heterocycles. The van der Waals surface area contributed by atoms with Crippen molar-refractivity contribution >= 4 is 22.7 Å². The first kappa shape index (κ1) is 15.4. The van der Waals surface area contributed by atoms with Crippen LogP contribution in [0.2, 0.25) is 0 Å². The zero-order valence-electron chi connectivity index (χ0n) is 13.5. The van der Waals surface area contributed by atoms with Crippen LogP contribution >= 0.6 is 0 Å². The first-order valence-corrected chi connectivity index (χ1v) is 7.74. The molecule has 1 aliphatic heterocycles. The van der Waals surface area contributed by atoms with Gasteiger partial charge in [-0.1, -0.05) is 19.1 Å². The lowest BCUT2D eigenvalue weighted by Crippen LogP contribution is -2.56. The summed E-state index contributed by atoms with van der Waals surface area (Å²) in [7, 11) is 0. The second-order valence-electron chi connectivity index (χ2n) is 6.12. The lowest BCUT2D eigenvalue weighted by molar-refractivity contribution is -0.140. The van der Waals surface area contributed by atoms with Gasteiger partial charge in [-0.3, -0.25) is 24.3 Å². The highest BCUT2D eigenvalue weighted by atomic mass is 16.2. The fraction of sp³-hybridized carbons (Fsp3) is 0.412. The molecule has 0 spiro atoms. The zero-order chi connectivity index (χ0) is 16.8. The van der Waals surface area contributed by atoms with Crippen LogP contribution in [0.5, 0.6) is 0 Å². The van der Waals surface area contributed by atoms with Gasteiger partial charge in [-0.05, 0) is 38.3 Å². The van der Waals surface area contributed by atoms with Gasteiger partial charge in [-0.2, -0.15) is 0 Å². The minimum absolute atomic E-state index is 0.210. The molecule has 2 heterocycles. The van der Waals surface area contributed by atoms with Crippen molar-refractivity contribution in [2.45, 2.75) is 45.6 Å². The van der Waals surface area contributed by atoms with Crippen LogP contribution in [0.4, 0.5) is 0 Å². The van der Waals surface area contributed by atoms with Crippen molar-refractivity contribution in [3.05, 3.63) is 39.9 Å². The van der Waals surface area contributed by atoms with Gasteiger partial charge < -0.3 is 0 Å². The Morgan fingerprint density at radius 3 is 2.70 bits per heavy atom. The van der Waals surface area contributed by atoms with E-state index in [0.717, 1.165) is 5.56 Å². The minimum Gasteiger partial charge on any atom is -0.294 e. The number of hydrogen-bond acceptors (Lipinski definition) is 4. The molecule has 120 valence electrons. The number of aryl methyl sites for hydroxylation is 2. The lowest BCUT2D eigenvalue weighted by atomic mass is 9.90. The molecule has 6 nitrogen and oxygen atoms in total. The number of aromatic nitrogens is 2. The van der Waals surface area contributed by atoms with Crippen molar-refractivity contribution in [2.75, 3.05) is 0 Å². The fourth-order valence-electron chi connectivity index (χ4n) is 3.29. The third-order valence-electron chi connectivity index (χ3n) is 4.61. The third kappa shape index (κ3) is 2.25. The van der Waals surface area contributed by atoms with Gasteiger partial charge in [-0.25, -0.2) is 4.98 Å². The van der Waals surface area contributed by atoms with Crippen molar-refractivity contribution in [1.82, 2.24) is 14.9 Å². The van der Waals surface area contributed by atoms with E-state index in [1.165, 1.54) is 4.57 Å². The van der Waals surface area contributed by atoms with Crippen molar-refractivity contribution < 1.29 is 9.59 Å². The number of nitrogens with one attached hydrogen (secondary N) is 1. The Bertz CT molecular complexity index is 885.